The van der Waals surface area contributed by atoms with Crippen molar-refractivity contribution in [3.05, 3.63) is 28.0 Å². The van der Waals surface area contributed by atoms with Crippen molar-refractivity contribution in [1.29, 1.82) is 0 Å². The van der Waals surface area contributed by atoms with Crippen LogP contribution in [0.5, 0.6) is 0 Å². The zero-order valence-corrected chi connectivity index (χ0v) is 12.7. The van der Waals surface area contributed by atoms with Gasteiger partial charge < -0.3 is 4.79 Å². The van der Waals surface area contributed by atoms with Gasteiger partial charge in [0.15, 0.2) is 5.82 Å². The molecule has 0 aromatic heterocycles. The molecule has 0 amide bonds. The minimum absolute atomic E-state index is 0.215. The van der Waals surface area contributed by atoms with Crippen LogP contribution in [0.15, 0.2) is 17.0 Å². The lowest BCUT2D eigenvalue weighted by atomic mass is 10.1. The molecule has 4 nitrogen and oxygen atoms in total. The van der Waals surface area contributed by atoms with Crippen LogP contribution >= 0.6 is 23.2 Å². The average molecular weight is 340 g/mol. The van der Waals surface area contributed by atoms with Gasteiger partial charge in [0.25, 0.3) is 0 Å². The SMILES string of the molecule is O=CC1CCCCN1S(=O)(=O)c1ccc(Cl)c(F)c1Cl. The smallest absolute Gasteiger partial charge is 0.245 e. The molecule has 1 aliphatic heterocycles. The van der Waals surface area contributed by atoms with E-state index in [9.17, 15) is 17.6 Å². The van der Waals surface area contributed by atoms with Crippen LogP contribution in [-0.4, -0.2) is 31.6 Å². The second-order valence-electron chi connectivity index (χ2n) is 4.49. The summed E-state index contributed by atoms with van der Waals surface area (Å²) in [7, 11) is -4.02. The molecule has 110 valence electrons. The molecule has 20 heavy (non-hydrogen) atoms. The first kappa shape index (κ1) is 15.7. The number of hydrogen-bond acceptors (Lipinski definition) is 3. The Bertz CT molecular complexity index is 636. The Labute approximate surface area is 126 Å². The highest BCUT2D eigenvalue weighted by molar-refractivity contribution is 7.89. The summed E-state index contributed by atoms with van der Waals surface area (Å²) < 4.78 is 39.7. The zero-order chi connectivity index (χ0) is 14.9. The molecule has 0 spiro atoms. The zero-order valence-electron chi connectivity index (χ0n) is 10.4. The molecule has 1 aromatic rings. The summed E-state index contributed by atoms with van der Waals surface area (Å²) in [5.74, 6) is -0.978. The molecule has 1 saturated heterocycles. The second kappa shape index (κ2) is 5.97. The number of carbonyl (C=O) groups excluding carboxylic acids is 1. The van der Waals surface area contributed by atoms with Crippen molar-refractivity contribution >= 4 is 39.5 Å². The topological polar surface area (TPSA) is 54.5 Å². The number of aldehydes is 1. The first-order valence-corrected chi connectivity index (χ1v) is 8.20. The van der Waals surface area contributed by atoms with Gasteiger partial charge in [0.1, 0.15) is 11.2 Å². The maximum atomic E-state index is 13.7. The van der Waals surface area contributed by atoms with Crippen molar-refractivity contribution in [3.63, 3.8) is 0 Å². The maximum Gasteiger partial charge on any atom is 0.245 e. The van der Waals surface area contributed by atoms with Gasteiger partial charge >= 0.3 is 0 Å². The molecule has 8 heteroatoms. The van der Waals surface area contributed by atoms with E-state index in [2.05, 4.69) is 0 Å². The molecule has 0 bridgehead atoms. The number of nitrogens with zero attached hydrogens (tertiary/aromatic N) is 1. The van der Waals surface area contributed by atoms with Crippen LogP contribution in [0, 0.1) is 5.82 Å². The second-order valence-corrected chi connectivity index (χ2v) is 7.13. The highest BCUT2D eigenvalue weighted by Gasteiger charge is 2.35. The predicted octanol–water partition coefficient (Wildman–Crippen LogP) is 2.87. The van der Waals surface area contributed by atoms with Gasteiger partial charge in [-0.05, 0) is 25.0 Å². The van der Waals surface area contributed by atoms with Crippen molar-refractivity contribution in [2.75, 3.05) is 6.54 Å². The van der Waals surface area contributed by atoms with Crippen LogP contribution < -0.4 is 0 Å². The van der Waals surface area contributed by atoms with Gasteiger partial charge in [0.05, 0.1) is 16.1 Å². The fraction of sp³-hybridized carbons (Fsp3) is 0.417. The highest BCUT2D eigenvalue weighted by atomic mass is 35.5. The maximum absolute atomic E-state index is 13.7. The predicted molar refractivity (Wildman–Crippen MR) is 74.0 cm³/mol. The highest BCUT2D eigenvalue weighted by Crippen LogP contribution is 2.33. The molecule has 1 atom stereocenters. The lowest BCUT2D eigenvalue weighted by Gasteiger charge is -2.31. The largest absolute Gasteiger partial charge is 0.302 e. The summed E-state index contributed by atoms with van der Waals surface area (Å²) in [6.07, 6.45) is 2.47. The normalized spacial score (nSPS) is 20.9. The number of benzene rings is 1. The van der Waals surface area contributed by atoms with Crippen LogP contribution in [0.2, 0.25) is 10.0 Å². The molecule has 0 saturated carbocycles. The molecule has 1 aromatic carbocycles. The summed E-state index contributed by atoms with van der Waals surface area (Å²) in [5, 5.41) is -0.799. The Morgan fingerprint density at radius 3 is 2.65 bits per heavy atom. The fourth-order valence-corrected chi connectivity index (χ4v) is 4.55. The first-order chi connectivity index (χ1) is 9.39. The number of carbonyl (C=O) groups is 1. The average Bonchev–Trinajstić information content (AvgIpc) is 2.44. The van der Waals surface area contributed by atoms with E-state index in [0.717, 1.165) is 22.9 Å². The third kappa shape index (κ3) is 2.70. The van der Waals surface area contributed by atoms with E-state index < -0.39 is 26.9 Å². The minimum Gasteiger partial charge on any atom is -0.302 e. The molecule has 1 unspecified atom stereocenters. The molecule has 0 N–H and O–H groups in total. The third-order valence-electron chi connectivity index (χ3n) is 3.24. The molecule has 1 fully saturated rings. The van der Waals surface area contributed by atoms with Gasteiger partial charge in [-0.25, -0.2) is 12.8 Å². The number of sulfonamides is 1. The molecule has 1 heterocycles. The Hall–Kier alpha value is -0.690. The van der Waals surface area contributed by atoms with Crippen molar-refractivity contribution in [2.45, 2.75) is 30.2 Å². The van der Waals surface area contributed by atoms with E-state index in [1.54, 1.807) is 0 Å². The number of rotatable bonds is 3. The van der Waals surface area contributed by atoms with E-state index in [1.807, 2.05) is 0 Å². The third-order valence-corrected chi connectivity index (χ3v) is 5.98. The van der Waals surface area contributed by atoms with E-state index in [-0.39, 0.29) is 16.5 Å². The Kier molecular flexibility index (Phi) is 4.69. The van der Waals surface area contributed by atoms with E-state index in [4.69, 9.17) is 23.2 Å². The lowest BCUT2D eigenvalue weighted by Crippen LogP contribution is -2.44. The summed E-state index contributed by atoms with van der Waals surface area (Å²) >= 11 is 11.3. The molecular formula is C12H12Cl2FNO3S. The summed E-state index contributed by atoms with van der Waals surface area (Å²) in [6.45, 7) is 0.215. The molecule has 0 radical (unpaired) electrons. The molecule has 1 aliphatic rings. The lowest BCUT2D eigenvalue weighted by molar-refractivity contribution is -0.111. The van der Waals surface area contributed by atoms with Crippen molar-refractivity contribution in [1.82, 2.24) is 4.31 Å². The van der Waals surface area contributed by atoms with Crippen LogP contribution in [0.1, 0.15) is 19.3 Å². The standard InChI is InChI=1S/C12H12Cl2FNO3S/c13-9-4-5-10(11(14)12(9)15)20(18,19)16-6-2-1-3-8(16)7-17/h4-5,7-8H,1-3,6H2. The fourth-order valence-electron chi connectivity index (χ4n) is 2.20. The molecule has 2 rings (SSSR count). The Morgan fingerprint density at radius 1 is 1.30 bits per heavy atom. The van der Waals surface area contributed by atoms with Gasteiger partial charge in [0.2, 0.25) is 10.0 Å². The quantitative estimate of drug-likeness (QED) is 0.628. The number of hydrogen-bond donors (Lipinski definition) is 0. The minimum atomic E-state index is -4.02. The van der Waals surface area contributed by atoms with Crippen molar-refractivity contribution in [2.24, 2.45) is 0 Å². The summed E-state index contributed by atoms with van der Waals surface area (Å²) in [4.78, 5) is 10.7. The first-order valence-electron chi connectivity index (χ1n) is 6.00. The van der Waals surface area contributed by atoms with Gasteiger partial charge in [-0.1, -0.05) is 29.6 Å². The number of halogens is 3. The summed E-state index contributed by atoms with van der Waals surface area (Å²) in [6, 6.07) is 1.55. The van der Waals surface area contributed by atoms with Crippen LogP contribution in [0.3, 0.4) is 0 Å². The molecule has 0 aliphatic carbocycles. The van der Waals surface area contributed by atoms with Crippen molar-refractivity contribution < 1.29 is 17.6 Å². The van der Waals surface area contributed by atoms with Crippen molar-refractivity contribution in [3.8, 4) is 0 Å². The van der Waals surface area contributed by atoms with E-state index in [1.165, 1.54) is 0 Å². The Balaban J connectivity index is 2.49. The van der Waals surface area contributed by atoms with Gasteiger partial charge in [-0.3, -0.25) is 0 Å². The van der Waals surface area contributed by atoms with E-state index >= 15 is 0 Å². The monoisotopic (exact) mass is 339 g/mol. The van der Waals surface area contributed by atoms with Gasteiger partial charge in [0, 0.05) is 6.54 Å². The van der Waals surface area contributed by atoms with Gasteiger partial charge in [-0.2, -0.15) is 4.31 Å². The van der Waals surface area contributed by atoms with Crippen LogP contribution in [0.4, 0.5) is 4.39 Å². The van der Waals surface area contributed by atoms with Crippen LogP contribution in [0.25, 0.3) is 0 Å². The van der Waals surface area contributed by atoms with Crippen LogP contribution in [-0.2, 0) is 14.8 Å². The molecular weight excluding hydrogens is 328 g/mol. The van der Waals surface area contributed by atoms with Gasteiger partial charge in [-0.15, -0.1) is 0 Å². The van der Waals surface area contributed by atoms with E-state index in [0.29, 0.717) is 19.1 Å². The summed E-state index contributed by atoms with van der Waals surface area (Å²) in [5.41, 5.74) is 0. The Morgan fingerprint density at radius 2 is 2.00 bits per heavy atom. The number of piperidine rings is 1.